The number of rotatable bonds is 0. The Morgan fingerprint density at radius 2 is 2.00 bits per heavy atom. The molecule has 1 N–H and O–H groups in total. The molecule has 0 rings (SSSR count). The van der Waals surface area contributed by atoms with Gasteiger partial charge in [0, 0.05) is 0 Å². The van der Waals surface area contributed by atoms with E-state index in [1.807, 2.05) is 0 Å². The molecule has 0 saturated heterocycles. The Hall–Kier alpha value is 0.928. The zero-order chi connectivity index (χ0) is 3.41. The molecule has 24 valence electrons. The number of nitrogens with one attached hydrogen (secondary N) is 1. The molecule has 0 amide bonds. The summed E-state index contributed by atoms with van der Waals surface area (Å²) >= 11 is 1.40. The van der Waals surface area contributed by atoms with E-state index >= 15 is 0 Å². The fourth-order valence-electron chi connectivity index (χ4n) is 0. The van der Waals surface area contributed by atoms with Crippen LogP contribution in [0.15, 0.2) is 0 Å². The third-order valence-corrected chi connectivity index (χ3v) is 2.51. The van der Waals surface area contributed by atoms with E-state index < -0.39 is 0 Å². The van der Waals surface area contributed by atoms with Crippen molar-refractivity contribution in [3.05, 3.63) is 0 Å². The summed E-state index contributed by atoms with van der Waals surface area (Å²) in [6.07, 6.45) is 0. The van der Waals surface area contributed by atoms with E-state index in [0.29, 0.717) is 0 Å². The Morgan fingerprint density at radius 1 is 1.75 bits per heavy atom. The maximum absolute atomic E-state index is 6.35. The van der Waals surface area contributed by atoms with Crippen LogP contribution in [0.4, 0.5) is 0 Å². The van der Waals surface area contributed by atoms with Gasteiger partial charge in [-0.05, 0) is 0 Å². The van der Waals surface area contributed by atoms with Gasteiger partial charge in [0.05, 0.1) is 0 Å². The van der Waals surface area contributed by atoms with Crippen LogP contribution < -0.4 is 0 Å². The normalized spacial score (nSPS) is 5.00. The second-order valence-corrected chi connectivity index (χ2v) is 5.76. The zero-order valence-electron chi connectivity index (χ0n) is 1.72. The molecule has 4 heteroatoms. The molecule has 0 spiro atoms. The molecule has 0 heterocycles. The molecule has 1 nitrogen and oxygen atoms in total. The topological polar surface area (TPSA) is 23.9 Å². The van der Waals surface area contributed by atoms with Crippen molar-refractivity contribution in [2.45, 2.75) is 0 Å². The first-order valence-corrected chi connectivity index (χ1v) is 6.21. The van der Waals surface area contributed by atoms with E-state index in [-0.39, 0.29) is 0 Å². The number of hydrogen-bond donors (Lipinski definition) is 1. The van der Waals surface area contributed by atoms with Crippen LogP contribution in [0.5, 0.6) is 0 Å². The monoisotopic (exact) mass is 263 g/mol. The average molecular weight is 263 g/mol. The van der Waals surface area contributed by atoms with Gasteiger partial charge in [-0.3, -0.25) is 0 Å². The minimum atomic E-state index is 1.06. The Labute approximate surface area is 40.5 Å². The number of hydrogen-bond acceptors (Lipinski definition) is 1. The molecule has 0 aromatic heterocycles. The van der Waals surface area contributed by atoms with Gasteiger partial charge in [-0.2, -0.15) is 0 Å². The van der Waals surface area contributed by atoms with Crippen molar-refractivity contribution < 1.29 is 18.0 Å². The second-order valence-electron chi connectivity index (χ2n) is 0.151. The van der Waals surface area contributed by atoms with Crippen molar-refractivity contribution >= 4 is 17.6 Å². The van der Waals surface area contributed by atoms with Gasteiger partial charge in [-0.25, -0.2) is 0 Å². The summed E-state index contributed by atoms with van der Waals surface area (Å²) in [5.74, 6) is 0. The third kappa shape index (κ3) is 2.93. The summed E-state index contributed by atoms with van der Waals surface area (Å²) in [7, 11) is 2.58. The van der Waals surface area contributed by atoms with E-state index in [4.69, 9.17) is 4.78 Å². The van der Waals surface area contributed by atoms with E-state index in [2.05, 4.69) is 0 Å². The van der Waals surface area contributed by atoms with Gasteiger partial charge in [0.2, 0.25) is 0 Å². The SMILES string of the molecule is N=S=[S]=[W]. The fourth-order valence-corrected chi connectivity index (χ4v) is 0. The molecule has 0 radical (unpaired) electrons. The summed E-state index contributed by atoms with van der Waals surface area (Å²) in [5, 5.41) is 0. The predicted molar refractivity (Wildman–Crippen MR) is 17.4 cm³/mol. The molecule has 0 aliphatic carbocycles. The Morgan fingerprint density at radius 3 is 2.00 bits per heavy atom. The Balaban J connectivity index is 3.95. The first kappa shape index (κ1) is 4.93. The maximum atomic E-state index is 6.35. The molecule has 0 atom stereocenters. The van der Waals surface area contributed by atoms with Gasteiger partial charge in [-0.1, -0.05) is 0 Å². The van der Waals surface area contributed by atoms with Gasteiger partial charge in [0.25, 0.3) is 0 Å². The molecule has 0 aliphatic rings. The summed E-state index contributed by atoms with van der Waals surface area (Å²) in [4.78, 5) is 0. The average Bonchev–Trinajstić information content (AvgIpc) is 1.37. The molecule has 0 bridgehead atoms. The van der Waals surface area contributed by atoms with Crippen LogP contribution in [0.2, 0.25) is 0 Å². The van der Waals surface area contributed by atoms with Gasteiger partial charge >= 0.3 is 40.4 Å². The van der Waals surface area contributed by atoms with Crippen molar-refractivity contribution in [3.8, 4) is 0 Å². The third-order valence-electron chi connectivity index (χ3n) is 0.0340. The van der Waals surface area contributed by atoms with Crippen molar-refractivity contribution in [2.75, 3.05) is 0 Å². The van der Waals surface area contributed by atoms with Crippen LogP contribution in [0.3, 0.4) is 0 Å². The van der Waals surface area contributed by atoms with Gasteiger partial charge in [-0.15, -0.1) is 0 Å². The Bertz CT molecular complexity index is 56.1. The molecule has 0 unspecified atom stereocenters. The first-order chi connectivity index (χ1) is 1.91. The molecule has 4 heavy (non-hydrogen) atoms. The summed E-state index contributed by atoms with van der Waals surface area (Å²) in [6.45, 7) is 0. The summed E-state index contributed by atoms with van der Waals surface area (Å²) in [6, 6.07) is 0. The predicted octanol–water partition coefficient (Wildman–Crippen LogP) is 0.291. The Kier molecular flexibility index (Phi) is 4.84. The molecule has 0 saturated carbocycles. The first-order valence-electron chi connectivity index (χ1n) is 0.537. The standard InChI is InChI=1S/HNS2.W/c1-3-2;/h1H;. The molecule has 0 aliphatic heterocycles. The van der Waals surface area contributed by atoms with Crippen molar-refractivity contribution in [1.82, 2.24) is 0 Å². The van der Waals surface area contributed by atoms with Crippen LogP contribution in [-0.2, 0) is 35.6 Å². The van der Waals surface area contributed by atoms with E-state index in [9.17, 15) is 0 Å². The van der Waals surface area contributed by atoms with Gasteiger partial charge in [0.15, 0.2) is 0 Å². The quantitative estimate of drug-likeness (QED) is 0.649. The molecule has 0 aromatic carbocycles. The van der Waals surface area contributed by atoms with Crippen molar-refractivity contribution in [3.63, 3.8) is 0 Å². The molecule has 0 fully saturated rings. The van der Waals surface area contributed by atoms with Crippen LogP contribution >= 0.6 is 0 Å². The van der Waals surface area contributed by atoms with Gasteiger partial charge in [0.1, 0.15) is 0 Å². The molecular formula is HNS2W. The van der Waals surface area contributed by atoms with Gasteiger partial charge < -0.3 is 0 Å². The fraction of sp³-hybridized carbons (Fsp3) is 0. The zero-order valence-corrected chi connectivity index (χ0v) is 6.29. The van der Waals surface area contributed by atoms with E-state index in [1.54, 1.807) is 0 Å². The second kappa shape index (κ2) is 3.93. The minimum absolute atomic E-state index is 1.06. The van der Waals surface area contributed by atoms with Crippen LogP contribution in [-0.4, -0.2) is 0 Å². The van der Waals surface area contributed by atoms with E-state index in [0.717, 1.165) is 10.1 Å². The van der Waals surface area contributed by atoms with Crippen LogP contribution in [0.25, 0.3) is 0 Å². The van der Waals surface area contributed by atoms with Crippen LogP contribution in [0, 0.1) is 4.78 Å². The summed E-state index contributed by atoms with van der Waals surface area (Å²) in [5.41, 5.74) is 0. The summed E-state index contributed by atoms with van der Waals surface area (Å²) < 4.78 is 6.35. The molecular weight excluding hydrogens is 262 g/mol. The molecule has 0 aromatic rings. The van der Waals surface area contributed by atoms with E-state index in [1.165, 1.54) is 25.5 Å². The van der Waals surface area contributed by atoms with Crippen molar-refractivity contribution in [2.24, 2.45) is 0 Å². The van der Waals surface area contributed by atoms with Crippen LogP contribution in [0.1, 0.15) is 0 Å². The van der Waals surface area contributed by atoms with Crippen molar-refractivity contribution in [1.29, 1.82) is 4.78 Å².